The van der Waals surface area contributed by atoms with Gasteiger partial charge < -0.3 is 14.8 Å². The maximum Gasteiger partial charge on any atom is 0.349 e. The smallest absolute Gasteiger partial charge is 0.349 e. The van der Waals surface area contributed by atoms with E-state index in [0.29, 0.717) is 12.0 Å². The molecule has 6 nitrogen and oxygen atoms in total. The SMILES string of the molecule is CCC(C(=O)Nc1sc(C(=O)OC(C)(C)C)c(C)c1C(=O)OC)c1ccccc1C. The van der Waals surface area contributed by atoms with Crippen LogP contribution >= 0.6 is 11.3 Å². The summed E-state index contributed by atoms with van der Waals surface area (Å²) < 4.78 is 10.3. The molecule has 0 aliphatic rings. The minimum absolute atomic E-state index is 0.177. The number of methoxy groups -OCH3 is 1. The molecule has 0 saturated carbocycles. The van der Waals surface area contributed by atoms with E-state index in [4.69, 9.17) is 9.47 Å². The standard InChI is InChI=1S/C23H29NO5S/c1-8-15(16-12-10-9-11-13(16)2)19(25)24-20-17(21(26)28-7)14(3)18(30-20)22(27)29-23(4,5)6/h9-12,15H,8H2,1-7H3,(H,24,25). The predicted molar refractivity (Wildman–Crippen MR) is 118 cm³/mol. The third-order valence-corrected chi connectivity index (χ3v) is 5.83. The summed E-state index contributed by atoms with van der Waals surface area (Å²) in [5.41, 5.74) is 1.87. The van der Waals surface area contributed by atoms with E-state index in [1.807, 2.05) is 38.1 Å². The molecular weight excluding hydrogens is 402 g/mol. The Morgan fingerprint density at radius 2 is 1.73 bits per heavy atom. The van der Waals surface area contributed by atoms with Crippen molar-refractivity contribution in [1.82, 2.24) is 0 Å². The topological polar surface area (TPSA) is 81.7 Å². The fourth-order valence-corrected chi connectivity index (χ4v) is 4.27. The van der Waals surface area contributed by atoms with Gasteiger partial charge in [-0.2, -0.15) is 0 Å². The molecule has 1 atom stereocenters. The van der Waals surface area contributed by atoms with Gasteiger partial charge in [-0.15, -0.1) is 11.3 Å². The number of aryl methyl sites for hydroxylation is 1. The van der Waals surface area contributed by atoms with Crippen LogP contribution in [0.25, 0.3) is 0 Å². The Kier molecular flexibility index (Phi) is 7.42. The minimum atomic E-state index is -0.680. The molecule has 1 amide bonds. The highest BCUT2D eigenvalue weighted by molar-refractivity contribution is 7.18. The van der Waals surface area contributed by atoms with Crippen molar-refractivity contribution in [2.45, 2.75) is 59.5 Å². The Balaban J connectivity index is 2.43. The van der Waals surface area contributed by atoms with Crippen LogP contribution in [0.4, 0.5) is 5.00 Å². The molecule has 2 rings (SSSR count). The normalized spacial score (nSPS) is 12.2. The maximum atomic E-state index is 13.1. The summed E-state index contributed by atoms with van der Waals surface area (Å²) in [6, 6.07) is 7.71. The van der Waals surface area contributed by atoms with Crippen LogP contribution in [0.1, 0.15) is 76.8 Å². The number of ether oxygens (including phenoxy) is 2. The monoisotopic (exact) mass is 431 g/mol. The Hall–Kier alpha value is -2.67. The second kappa shape index (κ2) is 9.43. The summed E-state index contributed by atoms with van der Waals surface area (Å²) in [7, 11) is 1.26. The van der Waals surface area contributed by atoms with Crippen LogP contribution in [0.2, 0.25) is 0 Å². The van der Waals surface area contributed by atoms with Crippen LogP contribution in [0, 0.1) is 13.8 Å². The lowest BCUT2D eigenvalue weighted by Gasteiger charge is -2.19. The van der Waals surface area contributed by atoms with Crippen molar-refractivity contribution in [2.24, 2.45) is 0 Å². The number of esters is 2. The molecule has 162 valence electrons. The van der Waals surface area contributed by atoms with Crippen molar-refractivity contribution in [3.8, 4) is 0 Å². The molecule has 0 aliphatic carbocycles. The lowest BCUT2D eigenvalue weighted by atomic mass is 9.92. The van der Waals surface area contributed by atoms with Crippen LogP contribution < -0.4 is 5.32 Å². The van der Waals surface area contributed by atoms with Gasteiger partial charge in [-0.25, -0.2) is 9.59 Å². The Labute approximate surface area is 181 Å². The van der Waals surface area contributed by atoms with Gasteiger partial charge in [-0.1, -0.05) is 31.2 Å². The Morgan fingerprint density at radius 1 is 1.10 bits per heavy atom. The highest BCUT2D eigenvalue weighted by Crippen LogP contribution is 2.36. The van der Waals surface area contributed by atoms with E-state index in [0.717, 1.165) is 22.5 Å². The molecule has 0 saturated heterocycles. The number of hydrogen-bond donors (Lipinski definition) is 1. The minimum Gasteiger partial charge on any atom is -0.465 e. The van der Waals surface area contributed by atoms with Gasteiger partial charge in [0, 0.05) is 0 Å². The number of carbonyl (C=O) groups excluding carboxylic acids is 3. The Bertz CT molecular complexity index is 955. The molecule has 0 bridgehead atoms. The summed E-state index contributed by atoms with van der Waals surface area (Å²) in [6.45, 7) is 10.9. The largest absolute Gasteiger partial charge is 0.465 e. The first-order valence-electron chi connectivity index (χ1n) is 9.81. The number of rotatable bonds is 6. The number of hydrogen-bond acceptors (Lipinski definition) is 6. The van der Waals surface area contributed by atoms with Crippen LogP contribution in [-0.2, 0) is 14.3 Å². The van der Waals surface area contributed by atoms with E-state index in [1.165, 1.54) is 7.11 Å². The molecule has 0 spiro atoms. The predicted octanol–water partition coefficient (Wildman–Crippen LogP) is 5.24. The number of amides is 1. The van der Waals surface area contributed by atoms with Gasteiger partial charge >= 0.3 is 11.9 Å². The molecule has 30 heavy (non-hydrogen) atoms. The summed E-state index contributed by atoms with van der Waals surface area (Å²) in [5.74, 6) is -1.78. The summed E-state index contributed by atoms with van der Waals surface area (Å²) >= 11 is 1.03. The molecule has 0 aliphatic heterocycles. The van der Waals surface area contributed by atoms with E-state index in [9.17, 15) is 14.4 Å². The Morgan fingerprint density at radius 3 is 2.27 bits per heavy atom. The van der Waals surface area contributed by atoms with Crippen molar-refractivity contribution in [3.63, 3.8) is 0 Å². The third kappa shape index (κ3) is 5.27. The first-order valence-corrected chi connectivity index (χ1v) is 10.6. The van der Waals surface area contributed by atoms with Crippen LogP contribution in [-0.4, -0.2) is 30.6 Å². The molecule has 1 aromatic carbocycles. The third-order valence-electron chi connectivity index (χ3n) is 4.65. The lowest BCUT2D eigenvalue weighted by Crippen LogP contribution is -2.23. The van der Waals surface area contributed by atoms with E-state index < -0.39 is 17.5 Å². The van der Waals surface area contributed by atoms with Gasteiger partial charge in [0.15, 0.2) is 0 Å². The summed E-state index contributed by atoms with van der Waals surface area (Å²) in [4.78, 5) is 38.4. The van der Waals surface area contributed by atoms with Crippen molar-refractivity contribution < 1.29 is 23.9 Å². The van der Waals surface area contributed by atoms with E-state index in [-0.39, 0.29) is 27.3 Å². The summed E-state index contributed by atoms with van der Waals surface area (Å²) in [6.07, 6.45) is 0.591. The van der Waals surface area contributed by atoms with Crippen molar-refractivity contribution >= 4 is 34.2 Å². The van der Waals surface area contributed by atoms with Gasteiger partial charge in [-0.3, -0.25) is 4.79 Å². The molecule has 1 heterocycles. The fraction of sp³-hybridized carbons (Fsp3) is 0.435. The molecular formula is C23H29NO5S. The van der Waals surface area contributed by atoms with Crippen molar-refractivity contribution in [3.05, 3.63) is 51.4 Å². The van der Waals surface area contributed by atoms with Crippen molar-refractivity contribution in [1.29, 1.82) is 0 Å². The van der Waals surface area contributed by atoms with Crippen LogP contribution in [0.15, 0.2) is 24.3 Å². The molecule has 2 aromatic rings. The van der Waals surface area contributed by atoms with Crippen molar-refractivity contribution in [2.75, 3.05) is 12.4 Å². The zero-order valence-corrected chi connectivity index (χ0v) is 19.4. The highest BCUT2D eigenvalue weighted by atomic mass is 32.1. The number of nitrogens with one attached hydrogen (secondary N) is 1. The molecule has 1 N–H and O–H groups in total. The van der Waals surface area contributed by atoms with E-state index in [2.05, 4.69) is 5.32 Å². The maximum absolute atomic E-state index is 13.1. The van der Waals surface area contributed by atoms with Gasteiger partial charge in [0.1, 0.15) is 15.5 Å². The quantitative estimate of drug-likeness (QED) is 0.633. The first-order chi connectivity index (χ1) is 14.0. The van der Waals surface area contributed by atoms with Crippen LogP contribution in [0.5, 0.6) is 0 Å². The zero-order valence-electron chi connectivity index (χ0n) is 18.5. The molecule has 1 aromatic heterocycles. The lowest BCUT2D eigenvalue weighted by molar-refractivity contribution is -0.117. The van der Waals surface area contributed by atoms with E-state index in [1.54, 1.807) is 27.7 Å². The van der Waals surface area contributed by atoms with Gasteiger partial charge in [0.25, 0.3) is 0 Å². The molecule has 7 heteroatoms. The molecule has 1 unspecified atom stereocenters. The average molecular weight is 432 g/mol. The van der Waals surface area contributed by atoms with E-state index >= 15 is 0 Å². The molecule has 0 radical (unpaired) electrons. The van der Waals surface area contributed by atoms with Gasteiger partial charge in [0.2, 0.25) is 5.91 Å². The van der Waals surface area contributed by atoms with Gasteiger partial charge in [0.05, 0.1) is 18.6 Å². The average Bonchev–Trinajstić information content (AvgIpc) is 2.98. The number of thiophene rings is 1. The first kappa shape index (κ1) is 23.6. The number of carbonyl (C=O) groups is 3. The second-order valence-electron chi connectivity index (χ2n) is 8.06. The zero-order chi connectivity index (χ0) is 22.6. The number of anilines is 1. The fourth-order valence-electron chi connectivity index (χ4n) is 3.19. The number of benzene rings is 1. The highest BCUT2D eigenvalue weighted by Gasteiger charge is 2.30. The van der Waals surface area contributed by atoms with Crippen LogP contribution in [0.3, 0.4) is 0 Å². The van der Waals surface area contributed by atoms with Gasteiger partial charge in [-0.05, 0) is 57.7 Å². The summed E-state index contributed by atoms with van der Waals surface area (Å²) in [5, 5.41) is 3.14. The second-order valence-corrected chi connectivity index (χ2v) is 9.08. The molecule has 0 fully saturated rings.